The smallest absolute Gasteiger partial charge is 0.255 e. The van der Waals surface area contributed by atoms with Crippen molar-refractivity contribution in [3.63, 3.8) is 0 Å². The Morgan fingerprint density at radius 3 is 2.36 bits per heavy atom. The summed E-state index contributed by atoms with van der Waals surface area (Å²) in [6.45, 7) is 9.78. The number of rotatable bonds is 11. The third-order valence-corrected chi connectivity index (χ3v) is 9.66. The zero-order valence-electron chi connectivity index (χ0n) is 27.4. The van der Waals surface area contributed by atoms with Crippen LogP contribution in [0.1, 0.15) is 59.3 Å². The van der Waals surface area contributed by atoms with Gasteiger partial charge in [-0.05, 0) is 73.1 Å². The second kappa shape index (κ2) is 15.2. The Kier molecular flexibility index (Phi) is 10.6. The number of carbonyl (C=O) groups is 1. The topological polar surface area (TPSA) is 117 Å². The van der Waals surface area contributed by atoms with Crippen LogP contribution in [0.15, 0.2) is 79.3 Å². The zero-order chi connectivity index (χ0) is 32.8. The van der Waals surface area contributed by atoms with Gasteiger partial charge < -0.3 is 20.9 Å². The van der Waals surface area contributed by atoms with Crippen molar-refractivity contribution in [1.29, 1.82) is 0 Å². The summed E-state index contributed by atoms with van der Waals surface area (Å²) in [5.41, 5.74) is 14.0. The van der Waals surface area contributed by atoms with E-state index in [0.29, 0.717) is 18.2 Å². The highest BCUT2D eigenvalue weighted by molar-refractivity contribution is 5.99. The van der Waals surface area contributed by atoms with E-state index in [1.54, 1.807) is 24.7 Å². The number of aromatic nitrogens is 2. The molecule has 1 saturated carbocycles. The molecule has 9 nitrogen and oxygen atoms in total. The molecule has 9 heteroatoms. The van der Waals surface area contributed by atoms with Crippen molar-refractivity contribution in [2.75, 3.05) is 45.1 Å². The van der Waals surface area contributed by atoms with Crippen molar-refractivity contribution in [3.05, 3.63) is 102 Å². The Morgan fingerprint density at radius 1 is 0.957 bits per heavy atom. The van der Waals surface area contributed by atoms with Crippen LogP contribution >= 0.6 is 0 Å². The van der Waals surface area contributed by atoms with Crippen molar-refractivity contribution >= 4 is 11.7 Å². The van der Waals surface area contributed by atoms with Gasteiger partial charge in [0.1, 0.15) is 5.82 Å². The summed E-state index contributed by atoms with van der Waals surface area (Å²) in [6.07, 6.45) is 7.92. The average Bonchev–Trinajstić information content (AvgIpc) is 3.54. The molecule has 4 N–H and O–H groups in total. The van der Waals surface area contributed by atoms with Crippen molar-refractivity contribution in [3.8, 4) is 22.3 Å². The summed E-state index contributed by atoms with van der Waals surface area (Å²) in [5.74, 6) is -0.0247. The van der Waals surface area contributed by atoms with Gasteiger partial charge in [0.05, 0.1) is 30.9 Å². The molecule has 1 amide bonds. The van der Waals surface area contributed by atoms with E-state index < -0.39 is 0 Å². The number of ether oxygens (including phenoxy) is 1. The molecule has 3 atom stereocenters. The highest BCUT2D eigenvalue weighted by Crippen LogP contribution is 2.28. The number of nitrogens with zero attached hydrogens (tertiary/aromatic N) is 4. The average molecular weight is 635 g/mol. The molecule has 6 rings (SSSR count). The predicted octanol–water partition coefficient (Wildman–Crippen LogP) is 5.24. The Hall–Kier alpha value is -4.15. The van der Waals surface area contributed by atoms with Crippen molar-refractivity contribution < 1.29 is 14.6 Å². The van der Waals surface area contributed by atoms with E-state index in [1.165, 1.54) is 16.7 Å². The van der Waals surface area contributed by atoms with Crippen LogP contribution in [0, 0.1) is 6.92 Å². The lowest BCUT2D eigenvalue weighted by atomic mass is 9.99. The SMILES string of the molecule is Cc1cncc(-c2cnc(N)c(C(=O)N[C@H]3CCCC3OCc3ccc(-c4ccc(C(C)N5CCN(CCO)CC5)cc4)cc3)c2)c1. The number of benzene rings is 2. The van der Waals surface area contributed by atoms with Crippen LogP contribution in [-0.2, 0) is 11.3 Å². The zero-order valence-corrected chi connectivity index (χ0v) is 27.4. The number of aryl methyl sites for hydroxylation is 1. The lowest BCUT2D eigenvalue weighted by Crippen LogP contribution is -2.47. The Morgan fingerprint density at radius 2 is 1.66 bits per heavy atom. The lowest BCUT2D eigenvalue weighted by molar-refractivity contribution is 0.0272. The maximum absolute atomic E-state index is 13.3. The van der Waals surface area contributed by atoms with Crippen LogP contribution in [0.25, 0.3) is 22.3 Å². The van der Waals surface area contributed by atoms with E-state index in [2.05, 4.69) is 80.5 Å². The highest BCUT2D eigenvalue weighted by Gasteiger charge is 2.30. The number of anilines is 1. The first-order valence-electron chi connectivity index (χ1n) is 16.7. The molecule has 47 heavy (non-hydrogen) atoms. The molecule has 1 aliphatic carbocycles. The summed E-state index contributed by atoms with van der Waals surface area (Å²) in [4.78, 5) is 26.7. The van der Waals surface area contributed by atoms with Crippen LogP contribution in [0.3, 0.4) is 0 Å². The van der Waals surface area contributed by atoms with Gasteiger partial charge in [0.15, 0.2) is 0 Å². The van der Waals surface area contributed by atoms with Crippen LogP contribution < -0.4 is 11.1 Å². The number of piperazine rings is 1. The first kappa shape index (κ1) is 32.8. The molecule has 0 bridgehead atoms. The van der Waals surface area contributed by atoms with E-state index in [-0.39, 0.29) is 30.5 Å². The fraction of sp³-hybridized carbons (Fsp3) is 0.395. The Bertz CT molecular complexity index is 1640. The van der Waals surface area contributed by atoms with Crippen molar-refractivity contribution in [2.24, 2.45) is 0 Å². The van der Waals surface area contributed by atoms with Crippen LogP contribution in [0.5, 0.6) is 0 Å². The second-order valence-electron chi connectivity index (χ2n) is 12.9. The minimum Gasteiger partial charge on any atom is -0.395 e. The summed E-state index contributed by atoms with van der Waals surface area (Å²) in [6, 6.07) is 21.5. The molecule has 2 aromatic heterocycles. The number of nitrogen functional groups attached to an aromatic ring is 1. The third-order valence-electron chi connectivity index (χ3n) is 9.66. The van der Waals surface area contributed by atoms with Crippen molar-refractivity contribution in [1.82, 2.24) is 25.1 Å². The molecule has 246 valence electrons. The largest absolute Gasteiger partial charge is 0.395 e. The molecule has 0 spiro atoms. The van der Waals surface area contributed by atoms with Gasteiger partial charge in [0.2, 0.25) is 0 Å². The molecular formula is C38H46N6O3. The molecular weight excluding hydrogens is 588 g/mol. The number of nitrogens with two attached hydrogens (primary N) is 1. The first-order chi connectivity index (χ1) is 22.9. The third kappa shape index (κ3) is 8.05. The normalized spacial score (nSPS) is 19.5. The van der Waals surface area contributed by atoms with Crippen LogP contribution in [0.4, 0.5) is 5.82 Å². The van der Waals surface area contributed by atoms with Crippen LogP contribution in [0.2, 0.25) is 0 Å². The molecule has 1 saturated heterocycles. The standard InChI is InChI=1S/C38H46N6O3/c1-26-20-32(23-40-22-26)33-21-34(37(39)41-24-33)38(46)42-35-4-3-5-36(35)47-25-28-6-8-30(9-7-28)31-12-10-29(11-13-31)27(2)44-16-14-43(15-17-44)18-19-45/h6-13,20-24,27,35-36,45H,3-5,14-19,25H2,1-2H3,(H2,39,41)(H,42,46)/t27?,35-,36?/m0/s1. The molecule has 0 radical (unpaired) electrons. The minimum atomic E-state index is -0.233. The van der Waals surface area contributed by atoms with Gasteiger partial charge in [0.25, 0.3) is 5.91 Å². The highest BCUT2D eigenvalue weighted by atomic mass is 16.5. The van der Waals surface area contributed by atoms with Crippen LogP contribution in [-0.4, -0.2) is 82.3 Å². The van der Waals surface area contributed by atoms with Gasteiger partial charge >= 0.3 is 0 Å². The van der Waals surface area contributed by atoms with E-state index in [0.717, 1.165) is 74.2 Å². The summed E-state index contributed by atoms with van der Waals surface area (Å²) >= 11 is 0. The molecule has 1 aliphatic heterocycles. The quantitative estimate of drug-likeness (QED) is 0.205. The first-order valence-corrected chi connectivity index (χ1v) is 16.7. The van der Waals surface area contributed by atoms with Gasteiger partial charge in [-0.2, -0.15) is 0 Å². The maximum atomic E-state index is 13.3. The molecule has 3 heterocycles. The fourth-order valence-electron chi connectivity index (χ4n) is 6.74. The number of pyridine rings is 2. The monoisotopic (exact) mass is 634 g/mol. The van der Waals surface area contributed by atoms with E-state index in [9.17, 15) is 9.90 Å². The van der Waals surface area contributed by atoms with Crippen molar-refractivity contribution in [2.45, 2.75) is 57.9 Å². The number of β-amino-alcohol motifs (C(OH)–C–C–N with tert-alkyl or cyclic N) is 1. The van der Waals surface area contributed by atoms with E-state index in [4.69, 9.17) is 10.5 Å². The molecule has 4 aromatic rings. The number of aliphatic hydroxyl groups is 1. The number of aliphatic hydroxyl groups excluding tert-OH is 1. The summed E-state index contributed by atoms with van der Waals surface area (Å²) in [5, 5.41) is 12.4. The number of carbonyl (C=O) groups excluding carboxylic acids is 1. The number of hydrogen-bond acceptors (Lipinski definition) is 8. The summed E-state index contributed by atoms with van der Waals surface area (Å²) in [7, 11) is 0. The number of amides is 1. The minimum absolute atomic E-state index is 0.0656. The van der Waals surface area contributed by atoms with Gasteiger partial charge in [-0.25, -0.2) is 4.98 Å². The number of hydrogen-bond donors (Lipinski definition) is 3. The summed E-state index contributed by atoms with van der Waals surface area (Å²) < 4.78 is 6.35. The lowest BCUT2D eigenvalue weighted by Gasteiger charge is -2.38. The predicted molar refractivity (Wildman–Crippen MR) is 186 cm³/mol. The van der Waals surface area contributed by atoms with Gasteiger partial charge in [-0.3, -0.25) is 19.6 Å². The molecule has 2 fully saturated rings. The van der Waals surface area contributed by atoms with E-state index in [1.807, 2.05) is 13.0 Å². The maximum Gasteiger partial charge on any atom is 0.255 e. The van der Waals surface area contributed by atoms with Gasteiger partial charge in [0, 0.05) is 68.5 Å². The Balaban J connectivity index is 1.02. The Labute approximate surface area is 277 Å². The number of nitrogens with one attached hydrogen (secondary N) is 1. The fourth-order valence-corrected chi connectivity index (χ4v) is 6.74. The van der Waals surface area contributed by atoms with E-state index >= 15 is 0 Å². The molecule has 2 unspecified atom stereocenters. The second-order valence-corrected chi connectivity index (χ2v) is 12.9. The molecule has 2 aliphatic rings. The van der Waals surface area contributed by atoms with Gasteiger partial charge in [-0.15, -0.1) is 0 Å². The molecule has 2 aromatic carbocycles. The van der Waals surface area contributed by atoms with Gasteiger partial charge in [-0.1, -0.05) is 48.5 Å².